The van der Waals surface area contributed by atoms with Gasteiger partial charge in [-0.1, -0.05) is 45.0 Å². The summed E-state index contributed by atoms with van der Waals surface area (Å²) in [4.78, 5) is 13.2. The lowest BCUT2D eigenvalue weighted by Crippen LogP contribution is -2.30. The van der Waals surface area contributed by atoms with Crippen molar-refractivity contribution in [1.29, 1.82) is 0 Å². The highest BCUT2D eigenvalue weighted by Gasteiger charge is 2.52. The molecule has 2 aliphatic carbocycles. The molecule has 6 heteroatoms. The van der Waals surface area contributed by atoms with E-state index in [-0.39, 0.29) is 11.7 Å². The van der Waals surface area contributed by atoms with E-state index in [1.54, 1.807) is 7.05 Å². The van der Waals surface area contributed by atoms with Crippen LogP contribution < -0.4 is 0 Å². The molecule has 4 rings (SSSR count). The molecule has 1 heterocycles. The van der Waals surface area contributed by atoms with Crippen LogP contribution in [0.15, 0.2) is 24.3 Å². The van der Waals surface area contributed by atoms with E-state index in [1.807, 2.05) is 24.3 Å². The van der Waals surface area contributed by atoms with Gasteiger partial charge in [-0.2, -0.15) is 17.0 Å². The number of fused-ring (bicyclic) bond motifs is 2. The Hall–Kier alpha value is -1.24. The average molecular weight is 405 g/mol. The van der Waals surface area contributed by atoms with Crippen molar-refractivity contribution in [3.63, 3.8) is 0 Å². The minimum Gasteiger partial charge on any atom is -0.294 e. The third-order valence-electron chi connectivity index (χ3n) is 7.08. The molecule has 0 radical (unpaired) electrons. The van der Waals surface area contributed by atoms with Crippen molar-refractivity contribution < 1.29 is 13.2 Å². The van der Waals surface area contributed by atoms with E-state index < -0.39 is 10.2 Å². The zero-order chi connectivity index (χ0) is 20.3. The van der Waals surface area contributed by atoms with Gasteiger partial charge in [0.15, 0.2) is 5.78 Å². The van der Waals surface area contributed by atoms with Crippen molar-refractivity contribution in [3.05, 3.63) is 35.4 Å². The molecule has 1 aromatic rings. The first-order chi connectivity index (χ1) is 13.0. The van der Waals surface area contributed by atoms with Crippen LogP contribution in [0.4, 0.5) is 0 Å². The van der Waals surface area contributed by atoms with Crippen molar-refractivity contribution in [2.45, 2.75) is 53.0 Å². The SMILES string of the molecule is CN1CCN(Cc2ccc(C(=O)C3CC4(C)CC3CC(C)(C)C4)cc2)S1(=O)=O. The van der Waals surface area contributed by atoms with E-state index in [1.165, 1.54) is 21.5 Å². The molecule has 154 valence electrons. The van der Waals surface area contributed by atoms with E-state index in [2.05, 4.69) is 20.8 Å². The van der Waals surface area contributed by atoms with Crippen LogP contribution in [0.25, 0.3) is 0 Å². The molecule has 0 spiro atoms. The van der Waals surface area contributed by atoms with Crippen LogP contribution in [0.3, 0.4) is 0 Å². The number of carbonyl (C=O) groups is 1. The number of hydrogen-bond donors (Lipinski definition) is 0. The van der Waals surface area contributed by atoms with Crippen molar-refractivity contribution >= 4 is 16.0 Å². The summed E-state index contributed by atoms with van der Waals surface area (Å²) >= 11 is 0. The van der Waals surface area contributed by atoms with Gasteiger partial charge >= 0.3 is 0 Å². The van der Waals surface area contributed by atoms with E-state index in [4.69, 9.17) is 0 Å². The number of hydrogen-bond acceptors (Lipinski definition) is 3. The minimum absolute atomic E-state index is 0.130. The molecule has 3 aliphatic rings. The number of benzene rings is 1. The van der Waals surface area contributed by atoms with E-state index >= 15 is 0 Å². The normalized spacial score (nSPS) is 34.6. The van der Waals surface area contributed by atoms with Crippen LogP contribution in [-0.2, 0) is 16.8 Å². The molecule has 28 heavy (non-hydrogen) atoms. The largest absolute Gasteiger partial charge is 0.294 e. The lowest BCUT2D eigenvalue weighted by Gasteiger charge is -2.40. The Bertz CT molecular complexity index is 878. The molecular formula is C22H32N2O3S. The first-order valence-corrected chi connectivity index (χ1v) is 11.7. The van der Waals surface area contributed by atoms with Crippen LogP contribution in [0, 0.1) is 22.7 Å². The van der Waals surface area contributed by atoms with Gasteiger partial charge in [-0.15, -0.1) is 0 Å². The van der Waals surface area contributed by atoms with Crippen LogP contribution >= 0.6 is 0 Å². The van der Waals surface area contributed by atoms with Gasteiger partial charge in [0, 0.05) is 38.2 Å². The summed E-state index contributed by atoms with van der Waals surface area (Å²) in [5.74, 6) is 0.892. The maximum absolute atomic E-state index is 13.2. The van der Waals surface area contributed by atoms with Crippen molar-refractivity contribution in [2.75, 3.05) is 20.1 Å². The van der Waals surface area contributed by atoms with Gasteiger partial charge in [-0.3, -0.25) is 4.79 Å². The lowest BCUT2D eigenvalue weighted by molar-refractivity contribution is 0.0850. The minimum atomic E-state index is -3.33. The van der Waals surface area contributed by atoms with Gasteiger partial charge in [0.1, 0.15) is 0 Å². The van der Waals surface area contributed by atoms with E-state index in [0.29, 0.717) is 36.4 Å². The van der Waals surface area contributed by atoms with Crippen LogP contribution in [-0.4, -0.2) is 42.9 Å². The maximum atomic E-state index is 13.2. The molecule has 1 saturated heterocycles. The fraction of sp³-hybridized carbons (Fsp3) is 0.682. The number of likely N-dealkylation sites (N-methyl/N-ethyl adjacent to an activating group) is 1. The quantitative estimate of drug-likeness (QED) is 0.719. The standard InChI is InChI=1S/C22H32N2O3S/c1-21(2)11-18-12-22(3,15-21)13-19(18)20(25)17-7-5-16(6-8-17)14-24-10-9-23(4)28(24,26)27/h5-8,18-19H,9-15H2,1-4H3. The third-order valence-corrected chi connectivity index (χ3v) is 9.01. The average Bonchev–Trinajstić information content (AvgIpc) is 3.00. The summed E-state index contributed by atoms with van der Waals surface area (Å²) in [6, 6.07) is 7.60. The maximum Gasteiger partial charge on any atom is 0.282 e. The first kappa shape index (κ1) is 20.0. The first-order valence-electron chi connectivity index (χ1n) is 10.3. The molecule has 0 aromatic heterocycles. The fourth-order valence-corrected chi connectivity index (χ4v) is 7.52. The molecule has 2 bridgehead atoms. The smallest absolute Gasteiger partial charge is 0.282 e. The molecule has 3 unspecified atom stereocenters. The number of carbonyl (C=O) groups excluding carboxylic acids is 1. The predicted molar refractivity (Wildman–Crippen MR) is 110 cm³/mol. The fourth-order valence-electron chi connectivity index (χ4n) is 6.19. The van der Waals surface area contributed by atoms with Crippen LogP contribution in [0.5, 0.6) is 0 Å². The summed E-state index contributed by atoms with van der Waals surface area (Å²) in [7, 11) is -1.72. The zero-order valence-electron chi connectivity index (χ0n) is 17.4. The second-order valence-electron chi connectivity index (χ2n) is 10.4. The summed E-state index contributed by atoms with van der Waals surface area (Å²) < 4.78 is 27.3. The summed E-state index contributed by atoms with van der Waals surface area (Å²) in [5.41, 5.74) is 2.31. The molecule has 3 atom stereocenters. The Balaban J connectivity index is 1.47. The molecule has 0 amide bonds. The highest BCUT2D eigenvalue weighted by Crippen LogP contribution is 2.60. The Labute approximate surface area is 169 Å². The number of nitrogens with zero attached hydrogens (tertiary/aromatic N) is 2. The zero-order valence-corrected chi connectivity index (χ0v) is 18.3. The Morgan fingerprint density at radius 2 is 1.75 bits per heavy atom. The molecule has 5 nitrogen and oxygen atoms in total. The van der Waals surface area contributed by atoms with Gasteiger partial charge in [0.2, 0.25) is 0 Å². The number of Topliss-reactive ketones (excluding diaryl/α,β-unsaturated/α-hetero) is 1. The molecule has 1 aliphatic heterocycles. The molecule has 1 aromatic carbocycles. The van der Waals surface area contributed by atoms with Gasteiger partial charge in [0.05, 0.1) is 0 Å². The Kier molecular flexibility index (Phi) is 4.76. The monoisotopic (exact) mass is 404 g/mol. The summed E-state index contributed by atoms with van der Waals surface area (Å²) in [6.07, 6.45) is 4.51. The third kappa shape index (κ3) is 3.55. The Morgan fingerprint density at radius 1 is 1.07 bits per heavy atom. The van der Waals surface area contributed by atoms with Crippen molar-refractivity contribution in [2.24, 2.45) is 22.7 Å². The summed E-state index contributed by atoms with van der Waals surface area (Å²) in [5, 5.41) is 0. The van der Waals surface area contributed by atoms with Crippen LogP contribution in [0.1, 0.15) is 62.4 Å². The molecule has 2 saturated carbocycles. The number of rotatable bonds is 4. The van der Waals surface area contributed by atoms with E-state index in [0.717, 1.165) is 24.0 Å². The van der Waals surface area contributed by atoms with Gasteiger partial charge < -0.3 is 0 Å². The van der Waals surface area contributed by atoms with Gasteiger partial charge in [0.25, 0.3) is 10.2 Å². The summed E-state index contributed by atoms with van der Waals surface area (Å²) in [6.45, 7) is 8.42. The van der Waals surface area contributed by atoms with Gasteiger partial charge in [-0.05, 0) is 48.0 Å². The predicted octanol–water partition coefficient (Wildman–Crippen LogP) is 3.71. The number of ketones is 1. The molecule has 0 N–H and O–H groups in total. The lowest BCUT2D eigenvalue weighted by atomic mass is 9.65. The second kappa shape index (κ2) is 6.64. The van der Waals surface area contributed by atoms with Gasteiger partial charge in [-0.25, -0.2) is 0 Å². The molecule has 3 fully saturated rings. The Morgan fingerprint density at radius 3 is 2.36 bits per heavy atom. The van der Waals surface area contributed by atoms with E-state index in [9.17, 15) is 13.2 Å². The van der Waals surface area contributed by atoms with Crippen molar-refractivity contribution in [1.82, 2.24) is 8.61 Å². The van der Waals surface area contributed by atoms with Crippen LogP contribution in [0.2, 0.25) is 0 Å². The topological polar surface area (TPSA) is 57.7 Å². The second-order valence-corrected chi connectivity index (χ2v) is 12.4. The highest BCUT2D eigenvalue weighted by atomic mass is 32.2. The van der Waals surface area contributed by atoms with Crippen molar-refractivity contribution in [3.8, 4) is 0 Å². The highest BCUT2D eigenvalue weighted by molar-refractivity contribution is 7.86. The molecular weight excluding hydrogens is 372 g/mol.